The maximum atomic E-state index is 13.0. The van der Waals surface area contributed by atoms with E-state index in [9.17, 15) is 22.8 Å². The summed E-state index contributed by atoms with van der Waals surface area (Å²) >= 11 is 0. The summed E-state index contributed by atoms with van der Waals surface area (Å²) in [7, 11) is 0. The lowest BCUT2D eigenvalue weighted by Gasteiger charge is -2.18. The molecule has 8 heteroatoms. The molecule has 0 spiro atoms. The second-order valence-corrected chi connectivity index (χ2v) is 8.09. The first-order valence-electron chi connectivity index (χ1n) is 10.7. The van der Waals surface area contributed by atoms with E-state index in [1.165, 1.54) is 18.3 Å². The van der Waals surface area contributed by atoms with Crippen molar-refractivity contribution in [1.82, 2.24) is 5.43 Å². The molecular weight excluding hydrogens is 455 g/mol. The number of carbonyl (C=O) groups is 2. The number of nitrogens with zero attached hydrogens (tertiary/aromatic N) is 2. The van der Waals surface area contributed by atoms with Crippen LogP contribution in [0.15, 0.2) is 90.0 Å². The van der Waals surface area contributed by atoms with Crippen LogP contribution in [0.3, 0.4) is 0 Å². The maximum absolute atomic E-state index is 13.0. The monoisotopic (exact) mass is 473 g/mol. The number of alkyl halides is 3. The van der Waals surface area contributed by atoms with Crippen molar-refractivity contribution in [3.8, 4) is 0 Å². The first kappa shape index (κ1) is 22.3. The Bertz CT molecular complexity index is 1460. The van der Waals surface area contributed by atoms with Gasteiger partial charge in [0, 0.05) is 16.5 Å². The van der Waals surface area contributed by atoms with Gasteiger partial charge in [-0.05, 0) is 52.9 Å². The lowest BCUT2D eigenvalue weighted by molar-refractivity contribution is -0.137. The number of benzene rings is 4. The average molecular weight is 473 g/mol. The van der Waals surface area contributed by atoms with Crippen LogP contribution in [0.25, 0.3) is 10.8 Å². The van der Waals surface area contributed by atoms with Crippen LogP contribution in [0.4, 0.5) is 18.9 Å². The lowest BCUT2D eigenvalue weighted by Crippen LogP contribution is -2.26. The van der Waals surface area contributed by atoms with E-state index in [4.69, 9.17) is 0 Å². The van der Waals surface area contributed by atoms with Gasteiger partial charge in [-0.3, -0.25) is 9.59 Å². The number of anilines is 1. The Labute approximate surface area is 198 Å². The zero-order chi connectivity index (χ0) is 24.6. The Morgan fingerprint density at radius 2 is 1.60 bits per heavy atom. The Kier molecular flexibility index (Phi) is 5.56. The highest BCUT2D eigenvalue weighted by molar-refractivity contribution is 6.24. The van der Waals surface area contributed by atoms with E-state index >= 15 is 0 Å². The molecule has 1 aliphatic rings. The average Bonchev–Trinajstić information content (AvgIpc) is 3.12. The van der Waals surface area contributed by atoms with E-state index in [1.807, 2.05) is 36.4 Å². The topological polar surface area (TPSA) is 61.8 Å². The van der Waals surface area contributed by atoms with Crippen LogP contribution in [0.2, 0.25) is 0 Å². The Morgan fingerprint density at radius 3 is 2.29 bits per heavy atom. The molecule has 4 aromatic rings. The summed E-state index contributed by atoms with van der Waals surface area (Å²) < 4.78 is 37.9. The van der Waals surface area contributed by atoms with Gasteiger partial charge >= 0.3 is 6.18 Å². The Hall–Kier alpha value is -4.46. The van der Waals surface area contributed by atoms with Gasteiger partial charge in [-0.2, -0.15) is 18.3 Å². The second-order valence-electron chi connectivity index (χ2n) is 8.09. The maximum Gasteiger partial charge on any atom is 0.416 e. The molecular formula is C27H18F3N3O2. The number of hydrogen-bond acceptors (Lipinski definition) is 3. The number of rotatable bonds is 5. The minimum absolute atomic E-state index is 0.0591. The van der Waals surface area contributed by atoms with Crippen LogP contribution in [0.1, 0.15) is 37.4 Å². The summed E-state index contributed by atoms with van der Waals surface area (Å²) in [6, 6.07) is 22.7. The molecule has 0 saturated heterocycles. The van der Waals surface area contributed by atoms with Crippen molar-refractivity contribution in [3.05, 3.63) is 113 Å². The number of halogens is 3. The summed E-state index contributed by atoms with van der Waals surface area (Å²) in [5, 5.41) is 5.77. The zero-order valence-corrected chi connectivity index (χ0v) is 18.2. The minimum atomic E-state index is -4.41. The molecule has 0 aromatic heterocycles. The van der Waals surface area contributed by atoms with E-state index < -0.39 is 17.6 Å². The van der Waals surface area contributed by atoms with Crippen LogP contribution >= 0.6 is 0 Å². The van der Waals surface area contributed by atoms with Gasteiger partial charge in [0.2, 0.25) is 0 Å². The van der Waals surface area contributed by atoms with Crippen molar-refractivity contribution in [2.75, 3.05) is 4.90 Å². The number of hydrogen-bond donors (Lipinski definition) is 1. The Morgan fingerprint density at radius 1 is 0.914 bits per heavy atom. The quantitative estimate of drug-likeness (QED) is 0.295. The molecule has 2 amide bonds. The van der Waals surface area contributed by atoms with Crippen molar-refractivity contribution in [2.24, 2.45) is 5.10 Å². The van der Waals surface area contributed by atoms with Crippen LogP contribution in [0, 0.1) is 0 Å². The lowest BCUT2D eigenvalue weighted by atomic mass is 10.1. The normalized spacial score (nSPS) is 13.1. The smallest absolute Gasteiger partial charge is 0.303 e. The fourth-order valence-corrected chi connectivity index (χ4v) is 4.07. The highest BCUT2D eigenvalue weighted by atomic mass is 19.4. The first-order valence-corrected chi connectivity index (χ1v) is 10.7. The third kappa shape index (κ3) is 4.38. The highest BCUT2D eigenvalue weighted by Gasteiger charge is 2.30. The van der Waals surface area contributed by atoms with Gasteiger partial charge in [0.15, 0.2) is 0 Å². The standard InChI is InChI=1S/C27H18F3N3O2/c28-27(29,30)21-13-9-17(10-14-21)15-31-32-25(34)20-11-7-18(8-12-20)16-33-23-6-2-4-19-3-1-5-22(24(19)23)26(33)35/h1-15H,16H2,(H,32,34). The highest BCUT2D eigenvalue weighted by Crippen LogP contribution is 2.38. The molecule has 0 saturated carbocycles. The molecule has 1 heterocycles. The fraction of sp³-hybridized carbons (Fsp3) is 0.0741. The minimum Gasteiger partial charge on any atom is -0.303 e. The third-order valence-corrected chi connectivity index (χ3v) is 5.82. The first-order chi connectivity index (χ1) is 16.8. The SMILES string of the molecule is O=C(NN=Cc1ccc(C(F)(F)F)cc1)c1ccc(CN2C(=O)c3cccc4cccc2c34)cc1. The van der Waals surface area contributed by atoms with Gasteiger partial charge < -0.3 is 4.90 Å². The van der Waals surface area contributed by atoms with Gasteiger partial charge in [0.1, 0.15) is 0 Å². The third-order valence-electron chi connectivity index (χ3n) is 5.82. The van der Waals surface area contributed by atoms with E-state index in [-0.39, 0.29) is 5.91 Å². The van der Waals surface area contributed by atoms with E-state index in [1.54, 1.807) is 29.2 Å². The molecule has 0 radical (unpaired) electrons. The van der Waals surface area contributed by atoms with Crippen LogP contribution in [-0.2, 0) is 12.7 Å². The predicted molar refractivity (Wildman–Crippen MR) is 127 cm³/mol. The van der Waals surface area contributed by atoms with E-state index in [0.717, 1.165) is 34.2 Å². The molecule has 1 N–H and O–H groups in total. The summed E-state index contributed by atoms with van der Waals surface area (Å²) in [5.74, 6) is -0.523. The van der Waals surface area contributed by atoms with E-state index in [2.05, 4.69) is 10.5 Å². The summed E-state index contributed by atoms with van der Waals surface area (Å²) in [6.07, 6.45) is -3.14. The Balaban J connectivity index is 1.23. The van der Waals surface area contributed by atoms with Crippen molar-refractivity contribution in [3.63, 3.8) is 0 Å². The van der Waals surface area contributed by atoms with Crippen molar-refractivity contribution >= 4 is 34.5 Å². The molecule has 1 aliphatic heterocycles. The molecule has 0 atom stereocenters. The van der Waals surface area contributed by atoms with Gasteiger partial charge in [-0.15, -0.1) is 0 Å². The molecule has 4 aromatic carbocycles. The van der Waals surface area contributed by atoms with Gasteiger partial charge in [0.25, 0.3) is 11.8 Å². The van der Waals surface area contributed by atoms with Crippen LogP contribution in [0.5, 0.6) is 0 Å². The van der Waals surface area contributed by atoms with Crippen molar-refractivity contribution in [1.29, 1.82) is 0 Å². The largest absolute Gasteiger partial charge is 0.416 e. The summed E-state index contributed by atoms with van der Waals surface area (Å²) in [4.78, 5) is 27.0. The molecule has 0 fully saturated rings. The number of carbonyl (C=O) groups excluding carboxylic acids is 2. The molecule has 35 heavy (non-hydrogen) atoms. The van der Waals surface area contributed by atoms with Crippen molar-refractivity contribution in [2.45, 2.75) is 12.7 Å². The van der Waals surface area contributed by atoms with E-state index in [0.29, 0.717) is 23.2 Å². The van der Waals surface area contributed by atoms with Gasteiger partial charge in [0.05, 0.1) is 24.0 Å². The zero-order valence-electron chi connectivity index (χ0n) is 18.2. The summed E-state index contributed by atoms with van der Waals surface area (Å²) in [6.45, 7) is 0.362. The van der Waals surface area contributed by atoms with Crippen LogP contribution in [-0.4, -0.2) is 18.0 Å². The summed E-state index contributed by atoms with van der Waals surface area (Å²) in [5.41, 5.74) is 4.78. The number of nitrogens with one attached hydrogen (secondary N) is 1. The molecule has 0 bridgehead atoms. The second kappa shape index (κ2) is 8.72. The molecule has 174 valence electrons. The molecule has 5 rings (SSSR count). The van der Waals surface area contributed by atoms with Crippen LogP contribution < -0.4 is 10.3 Å². The van der Waals surface area contributed by atoms with Gasteiger partial charge in [-0.25, -0.2) is 5.43 Å². The van der Waals surface area contributed by atoms with Crippen molar-refractivity contribution < 1.29 is 22.8 Å². The predicted octanol–water partition coefficient (Wildman–Crippen LogP) is 5.78. The molecule has 5 nitrogen and oxygen atoms in total. The number of amides is 2. The van der Waals surface area contributed by atoms with Gasteiger partial charge in [-0.1, -0.05) is 48.5 Å². The molecule has 0 unspecified atom stereocenters. The number of hydrazone groups is 1. The fourth-order valence-electron chi connectivity index (χ4n) is 4.07. The molecule has 0 aliphatic carbocycles.